The van der Waals surface area contributed by atoms with E-state index in [4.69, 9.17) is 4.98 Å². The second-order valence-corrected chi connectivity index (χ2v) is 15.0. The van der Waals surface area contributed by atoms with Gasteiger partial charge in [0.05, 0.1) is 38.9 Å². The molecule has 3 heteroatoms. The standard InChI is InChI=1S/C52H31N3/c1-3-16-32(17-4-1)52(33-18-5-2-6-19-33)41-26-11-9-22-38(41)48-47-40-23-10-13-28-43(40)54(49(47)51-53-42-27-12-14-29-45(42)55(51)50(48)52)44-31-30-37-35-21-8-7-20-34(35)36-24-15-25-39(44)46(36)37/h1-31H. The molecule has 0 bridgehead atoms. The molecule has 0 fully saturated rings. The van der Waals surface area contributed by atoms with Crippen molar-refractivity contribution < 1.29 is 0 Å². The van der Waals surface area contributed by atoms with Crippen molar-refractivity contribution in [2.24, 2.45) is 0 Å². The van der Waals surface area contributed by atoms with Gasteiger partial charge in [0, 0.05) is 21.7 Å². The number of hydrogen-bond acceptors (Lipinski definition) is 1. The normalized spacial score (nSPS) is 13.6. The van der Waals surface area contributed by atoms with Gasteiger partial charge in [0.2, 0.25) is 0 Å². The Morgan fingerprint density at radius 1 is 0.418 bits per heavy atom. The topological polar surface area (TPSA) is 22.2 Å². The lowest BCUT2D eigenvalue weighted by Crippen LogP contribution is -2.30. The summed E-state index contributed by atoms with van der Waals surface area (Å²) in [5.74, 6) is 0. The van der Waals surface area contributed by atoms with Crippen molar-refractivity contribution in [3.05, 3.63) is 210 Å². The molecule has 0 saturated carbocycles. The Morgan fingerprint density at radius 3 is 1.76 bits per heavy atom. The molecule has 0 atom stereocenters. The zero-order valence-corrected chi connectivity index (χ0v) is 29.7. The average molecular weight is 698 g/mol. The third kappa shape index (κ3) is 3.50. The van der Waals surface area contributed by atoms with Crippen LogP contribution in [-0.2, 0) is 5.41 Å². The van der Waals surface area contributed by atoms with Gasteiger partial charge in [-0.3, -0.25) is 4.40 Å². The van der Waals surface area contributed by atoms with Crippen LogP contribution in [0.3, 0.4) is 0 Å². The van der Waals surface area contributed by atoms with Crippen LogP contribution in [0.2, 0.25) is 0 Å². The first kappa shape index (κ1) is 29.2. The first-order valence-electron chi connectivity index (χ1n) is 19.1. The van der Waals surface area contributed by atoms with Gasteiger partial charge in [0.1, 0.15) is 0 Å². The van der Waals surface area contributed by atoms with Crippen molar-refractivity contribution in [3.8, 4) is 39.1 Å². The summed E-state index contributed by atoms with van der Waals surface area (Å²) in [5, 5.41) is 5.02. The van der Waals surface area contributed by atoms with Crippen molar-refractivity contribution in [1.29, 1.82) is 0 Å². The zero-order valence-electron chi connectivity index (χ0n) is 29.7. The molecule has 0 N–H and O–H groups in total. The van der Waals surface area contributed by atoms with E-state index in [0.717, 1.165) is 27.9 Å². The van der Waals surface area contributed by atoms with Crippen LogP contribution < -0.4 is 0 Å². The monoisotopic (exact) mass is 697 g/mol. The highest BCUT2D eigenvalue weighted by atomic mass is 15.1. The maximum atomic E-state index is 5.62. The van der Waals surface area contributed by atoms with Crippen LogP contribution in [0.25, 0.3) is 88.3 Å². The summed E-state index contributed by atoms with van der Waals surface area (Å²) in [4.78, 5) is 5.62. The van der Waals surface area contributed by atoms with E-state index < -0.39 is 5.41 Å². The summed E-state index contributed by atoms with van der Waals surface area (Å²) in [5.41, 5.74) is 18.6. The SMILES string of the molecule is c1ccc(C2(c3ccccc3)c3ccccc3-c3c2n2c4ccccc4nc2c2c3c3ccccc3n2-c2ccc3c4c(cccc24)-c2ccccc2-3)cc1. The van der Waals surface area contributed by atoms with E-state index in [1.807, 2.05) is 0 Å². The number of rotatable bonds is 3. The lowest BCUT2D eigenvalue weighted by atomic mass is 9.69. The summed E-state index contributed by atoms with van der Waals surface area (Å²) in [6.45, 7) is 0. The minimum atomic E-state index is -0.610. The Bertz CT molecular complexity index is 3350. The van der Waals surface area contributed by atoms with Gasteiger partial charge in [0.15, 0.2) is 5.65 Å². The quantitative estimate of drug-likeness (QED) is 0.180. The van der Waals surface area contributed by atoms with Crippen molar-refractivity contribution >= 4 is 49.3 Å². The van der Waals surface area contributed by atoms with E-state index in [9.17, 15) is 0 Å². The molecular formula is C52H31N3. The van der Waals surface area contributed by atoms with E-state index in [1.54, 1.807) is 0 Å². The molecule has 3 aromatic heterocycles. The van der Waals surface area contributed by atoms with Crippen LogP contribution >= 0.6 is 0 Å². The van der Waals surface area contributed by atoms with Gasteiger partial charge in [-0.25, -0.2) is 4.98 Å². The largest absolute Gasteiger partial charge is 0.305 e. The van der Waals surface area contributed by atoms with E-state index in [1.165, 1.54) is 82.8 Å². The second-order valence-electron chi connectivity index (χ2n) is 15.0. The van der Waals surface area contributed by atoms with Gasteiger partial charge < -0.3 is 4.57 Å². The smallest absolute Gasteiger partial charge is 0.163 e. The summed E-state index contributed by atoms with van der Waals surface area (Å²) >= 11 is 0. The molecule has 3 nitrogen and oxygen atoms in total. The predicted octanol–water partition coefficient (Wildman–Crippen LogP) is 12.7. The summed E-state index contributed by atoms with van der Waals surface area (Å²) < 4.78 is 5.03. The van der Waals surface area contributed by atoms with Crippen molar-refractivity contribution in [1.82, 2.24) is 14.0 Å². The van der Waals surface area contributed by atoms with E-state index in [0.29, 0.717) is 0 Å². The Kier molecular flexibility index (Phi) is 5.56. The van der Waals surface area contributed by atoms with Crippen molar-refractivity contribution in [3.63, 3.8) is 0 Å². The number of hydrogen-bond donors (Lipinski definition) is 0. The van der Waals surface area contributed by atoms with E-state index in [-0.39, 0.29) is 0 Å². The predicted molar refractivity (Wildman–Crippen MR) is 226 cm³/mol. The highest BCUT2D eigenvalue weighted by Gasteiger charge is 2.49. The maximum Gasteiger partial charge on any atom is 0.163 e. The Morgan fingerprint density at radius 2 is 1.00 bits per heavy atom. The van der Waals surface area contributed by atoms with Gasteiger partial charge in [0.25, 0.3) is 0 Å². The molecule has 2 aliphatic rings. The number of fused-ring (bicyclic) bond motifs is 15. The number of pyridine rings is 1. The Labute approximate surface area is 317 Å². The molecular weight excluding hydrogens is 667 g/mol. The lowest BCUT2D eigenvalue weighted by molar-refractivity contribution is 0.730. The van der Waals surface area contributed by atoms with Crippen LogP contribution in [-0.4, -0.2) is 14.0 Å². The molecule has 0 spiro atoms. The Balaban J connectivity index is 1.30. The molecule has 13 rings (SSSR count). The highest BCUT2D eigenvalue weighted by Crippen LogP contribution is 2.60. The van der Waals surface area contributed by atoms with Crippen LogP contribution in [0, 0.1) is 0 Å². The van der Waals surface area contributed by atoms with E-state index in [2.05, 4.69) is 197 Å². The number of benzene rings is 8. The molecule has 254 valence electrons. The van der Waals surface area contributed by atoms with Crippen LogP contribution in [0.4, 0.5) is 0 Å². The fourth-order valence-corrected chi connectivity index (χ4v) is 10.5. The molecule has 0 radical (unpaired) electrons. The second kappa shape index (κ2) is 10.5. The summed E-state index contributed by atoms with van der Waals surface area (Å²) in [6, 6.07) is 69.3. The lowest BCUT2D eigenvalue weighted by Gasteiger charge is -2.34. The molecule has 55 heavy (non-hydrogen) atoms. The van der Waals surface area contributed by atoms with Gasteiger partial charge in [-0.15, -0.1) is 0 Å². The number of para-hydroxylation sites is 3. The Hall–Kier alpha value is -7.23. The summed E-state index contributed by atoms with van der Waals surface area (Å²) in [6.07, 6.45) is 0. The molecule has 2 aliphatic carbocycles. The maximum absolute atomic E-state index is 5.62. The molecule has 0 amide bonds. The third-order valence-corrected chi connectivity index (χ3v) is 12.5. The number of nitrogens with zero attached hydrogens (tertiary/aromatic N) is 3. The molecule has 0 unspecified atom stereocenters. The molecule has 0 saturated heterocycles. The van der Waals surface area contributed by atoms with Gasteiger partial charge in [-0.05, 0) is 74.2 Å². The van der Waals surface area contributed by atoms with E-state index >= 15 is 0 Å². The number of imidazole rings is 1. The van der Waals surface area contributed by atoms with Gasteiger partial charge in [-0.2, -0.15) is 0 Å². The molecule has 8 aromatic carbocycles. The first-order valence-corrected chi connectivity index (χ1v) is 19.1. The number of aromatic nitrogens is 3. The average Bonchev–Trinajstić information content (AvgIpc) is 3.98. The minimum absolute atomic E-state index is 0.610. The summed E-state index contributed by atoms with van der Waals surface area (Å²) in [7, 11) is 0. The molecule has 0 aliphatic heterocycles. The zero-order chi connectivity index (χ0) is 35.8. The fraction of sp³-hybridized carbons (Fsp3) is 0.0192. The highest BCUT2D eigenvalue weighted by molar-refractivity contribution is 6.24. The fourth-order valence-electron chi connectivity index (χ4n) is 10.5. The van der Waals surface area contributed by atoms with Crippen molar-refractivity contribution in [2.75, 3.05) is 0 Å². The van der Waals surface area contributed by atoms with Gasteiger partial charge >= 0.3 is 0 Å². The molecule has 11 aromatic rings. The first-order chi connectivity index (χ1) is 27.3. The van der Waals surface area contributed by atoms with Crippen LogP contribution in [0.15, 0.2) is 188 Å². The van der Waals surface area contributed by atoms with Crippen LogP contribution in [0.5, 0.6) is 0 Å². The van der Waals surface area contributed by atoms with Crippen LogP contribution in [0.1, 0.15) is 22.4 Å². The van der Waals surface area contributed by atoms with Crippen molar-refractivity contribution in [2.45, 2.75) is 5.41 Å². The third-order valence-electron chi connectivity index (χ3n) is 12.5. The minimum Gasteiger partial charge on any atom is -0.305 e. The van der Waals surface area contributed by atoms with Gasteiger partial charge in [-0.1, -0.05) is 164 Å². The molecule has 3 heterocycles.